The number of piperidine rings is 1. The maximum atomic E-state index is 2.58. The Hall–Kier alpha value is -0.0800. The highest BCUT2D eigenvalue weighted by Gasteiger charge is 2.43. The van der Waals surface area contributed by atoms with Crippen LogP contribution in [0.15, 0.2) is 0 Å². The van der Waals surface area contributed by atoms with E-state index in [9.17, 15) is 0 Å². The summed E-state index contributed by atoms with van der Waals surface area (Å²) in [6.07, 6.45) is 5.19. The average Bonchev–Trinajstić information content (AvgIpc) is 2.21. The van der Waals surface area contributed by atoms with Crippen LogP contribution >= 0.6 is 0 Å². The first kappa shape index (κ1) is 15.0. The van der Waals surface area contributed by atoms with Gasteiger partial charge in [-0.05, 0) is 67.6 Å². The third kappa shape index (κ3) is 3.45. The first-order chi connectivity index (χ1) is 7.70. The first-order valence-corrected chi connectivity index (χ1v) is 7.15. The monoisotopic (exact) mass is 240 g/mol. The van der Waals surface area contributed by atoms with Crippen LogP contribution in [0.1, 0.15) is 60.3 Å². The van der Waals surface area contributed by atoms with E-state index in [0.717, 1.165) is 6.04 Å². The van der Waals surface area contributed by atoms with Gasteiger partial charge in [-0.1, -0.05) is 13.3 Å². The van der Waals surface area contributed by atoms with E-state index in [0.29, 0.717) is 11.1 Å². The molecule has 0 radical (unpaired) electrons. The van der Waals surface area contributed by atoms with Crippen molar-refractivity contribution in [3.05, 3.63) is 0 Å². The maximum absolute atomic E-state index is 2.58. The summed E-state index contributed by atoms with van der Waals surface area (Å²) >= 11 is 0. The molecule has 1 aliphatic heterocycles. The van der Waals surface area contributed by atoms with Crippen LogP contribution in [-0.4, -0.2) is 47.6 Å². The third-order valence-electron chi connectivity index (χ3n) is 4.77. The molecule has 1 saturated heterocycles. The van der Waals surface area contributed by atoms with Gasteiger partial charge in [0.2, 0.25) is 0 Å². The van der Waals surface area contributed by atoms with Crippen LogP contribution in [-0.2, 0) is 0 Å². The molecule has 102 valence electrons. The number of hydrogen-bond acceptors (Lipinski definition) is 2. The van der Waals surface area contributed by atoms with Crippen LogP contribution in [0.25, 0.3) is 0 Å². The zero-order valence-electron chi connectivity index (χ0n) is 13.0. The molecular formula is C15H32N2. The number of nitrogens with zero attached hydrogens (tertiary/aromatic N) is 2. The standard InChI is InChI=1S/C15H32N2/c1-8-9-10-16(6)13-11-14(2,3)17(7)15(4,5)12-13/h13H,8-12H2,1-7H3. The Labute approximate surface area is 108 Å². The number of unbranched alkanes of at least 4 members (excludes halogenated alkanes) is 1. The molecule has 1 heterocycles. The summed E-state index contributed by atoms with van der Waals surface area (Å²) in [6.45, 7) is 13.1. The van der Waals surface area contributed by atoms with Crippen molar-refractivity contribution in [1.29, 1.82) is 0 Å². The highest BCUT2D eigenvalue weighted by molar-refractivity contribution is 5.00. The molecule has 0 unspecified atom stereocenters. The Morgan fingerprint density at radius 3 is 2.00 bits per heavy atom. The largest absolute Gasteiger partial charge is 0.303 e. The van der Waals surface area contributed by atoms with E-state index >= 15 is 0 Å². The highest BCUT2D eigenvalue weighted by Crippen LogP contribution is 2.38. The molecule has 0 aromatic heterocycles. The van der Waals surface area contributed by atoms with E-state index in [-0.39, 0.29) is 0 Å². The van der Waals surface area contributed by atoms with Gasteiger partial charge in [-0.25, -0.2) is 0 Å². The van der Waals surface area contributed by atoms with Crippen LogP contribution in [0.3, 0.4) is 0 Å². The maximum Gasteiger partial charge on any atom is 0.0170 e. The second kappa shape index (κ2) is 5.27. The summed E-state index contributed by atoms with van der Waals surface area (Å²) in [5.74, 6) is 0. The zero-order valence-corrected chi connectivity index (χ0v) is 13.0. The van der Waals surface area contributed by atoms with Crippen molar-refractivity contribution in [3.63, 3.8) is 0 Å². The summed E-state index contributed by atoms with van der Waals surface area (Å²) in [7, 11) is 4.58. The first-order valence-electron chi connectivity index (χ1n) is 7.15. The number of hydrogen-bond donors (Lipinski definition) is 0. The Bertz CT molecular complexity index is 227. The lowest BCUT2D eigenvalue weighted by atomic mass is 9.77. The van der Waals surface area contributed by atoms with Gasteiger partial charge in [0.25, 0.3) is 0 Å². The molecule has 0 N–H and O–H groups in total. The minimum atomic E-state index is 0.312. The van der Waals surface area contributed by atoms with Gasteiger partial charge in [-0.2, -0.15) is 0 Å². The van der Waals surface area contributed by atoms with Gasteiger partial charge in [0.1, 0.15) is 0 Å². The van der Waals surface area contributed by atoms with Gasteiger partial charge in [-0.3, -0.25) is 4.90 Å². The smallest absolute Gasteiger partial charge is 0.0170 e. The van der Waals surface area contributed by atoms with E-state index in [2.05, 4.69) is 58.5 Å². The van der Waals surface area contributed by atoms with Crippen LogP contribution in [0.5, 0.6) is 0 Å². The second-order valence-corrected chi connectivity index (χ2v) is 7.08. The predicted molar refractivity (Wildman–Crippen MR) is 76.5 cm³/mol. The van der Waals surface area contributed by atoms with E-state index in [4.69, 9.17) is 0 Å². The molecule has 0 aliphatic carbocycles. The fourth-order valence-corrected chi connectivity index (χ4v) is 3.22. The van der Waals surface area contributed by atoms with E-state index in [1.807, 2.05) is 0 Å². The lowest BCUT2D eigenvalue weighted by Crippen LogP contribution is -2.62. The van der Waals surface area contributed by atoms with Gasteiger partial charge >= 0.3 is 0 Å². The highest BCUT2D eigenvalue weighted by atomic mass is 15.3. The van der Waals surface area contributed by atoms with Crippen molar-refractivity contribution >= 4 is 0 Å². The number of likely N-dealkylation sites (tertiary alicyclic amines) is 1. The van der Waals surface area contributed by atoms with Crippen molar-refractivity contribution in [2.75, 3.05) is 20.6 Å². The van der Waals surface area contributed by atoms with Crippen molar-refractivity contribution in [1.82, 2.24) is 9.80 Å². The third-order valence-corrected chi connectivity index (χ3v) is 4.77. The molecule has 17 heavy (non-hydrogen) atoms. The topological polar surface area (TPSA) is 6.48 Å². The summed E-state index contributed by atoms with van der Waals surface area (Å²) in [6, 6.07) is 0.739. The fraction of sp³-hybridized carbons (Fsp3) is 1.00. The van der Waals surface area contributed by atoms with E-state index < -0.39 is 0 Å². The van der Waals surface area contributed by atoms with Gasteiger partial charge in [0.05, 0.1) is 0 Å². The SMILES string of the molecule is CCCCN(C)C1CC(C)(C)N(C)C(C)(C)C1. The predicted octanol–water partition coefficient (Wildman–Crippen LogP) is 3.37. The molecule has 0 atom stereocenters. The molecule has 0 aromatic rings. The lowest BCUT2D eigenvalue weighted by molar-refractivity contribution is -0.0425. The van der Waals surface area contributed by atoms with Crippen molar-refractivity contribution in [2.45, 2.75) is 77.4 Å². The molecule has 0 amide bonds. The summed E-state index contributed by atoms with van der Waals surface area (Å²) in [5, 5.41) is 0. The Kier molecular flexibility index (Phi) is 4.65. The average molecular weight is 240 g/mol. The molecule has 2 heteroatoms. The van der Waals surface area contributed by atoms with Crippen LogP contribution in [0.4, 0.5) is 0 Å². The minimum Gasteiger partial charge on any atom is -0.303 e. The van der Waals surface area contributed by atoms with Gasteiger partial charge in [-0.15, -0.1) is 0 Å². The molecule has 0 saturated carbocycles. The van der Waals surface area contributed by atoms with Gasteiger partial charge in [0.15, 0.2) is 0 Å². The molecule has 1 rings (SSSR count). The van der Waals surface area contributed by atoms with Gasteiger partial charge < -0.3 is 4.90 Å². The van der Waals surface area contributed by atoms with E-state index in [1.165, 1.54) is 32.2 Å². The van der Waals surface area contributed by atoms with Crippen molar-refractivity contribution < 1.29 is 0 Å². The van der Waals surface area contributed by atoms with Crippen molar-refractivity contribution in [2.24, 2.45) is 0 Å². The lowest BCUT2D eigenvalue weighted by Gasteiger charge is -2.55. The fourth-order valence-electron chi connectivity index (χ4n) is 3.22. The van der Waals surface area contributed by atoms with Crippen LogP contribution in [0, 0.1) is 0 Å². The second-order valence-electron chi connectivity index (χ2n) is 7.08. The summed E-state index contributed by atoms with van der Waals surface area (Å²) in [4.78, 5) is 5.14. The Morgan fingerprint density at radius 2 is 1.59 bits per heavy atom. The molecule has 1 fully saturated rings. The zero-order chi connectivity index (χ0) is 13.3. The molecule has 2 nitrogen and oxygen atoms in total. The summed E-state index contributed by atoms with van der Waals surface area (Å²) < 4.78 is 0. The summed E-state index contributed by atoms with van der Waals surface area (Å²) in [5.41, 5.74) is 0.625. The molecule has 0 aromatic carbocycles. The van der Waals surface area contributed by atoms with Crippen molar-refractivity contribution in [3.8, 4) is 0 Å². The molecule has 1 aliphatic rings. The normalized spacial score (nSPS) is 25.4. The molecule has 0 spiro atoms. The Balaban J connectivity index is 2.70. The van der Waals surface area contributed by atoms with E-state index in [1.54, 1.807) is 0 Å². The Morgan fingerprint density at radius 1 is 1.12 bits per heavy atom. The van der Waals surface area contributed by atoms with Crippen LogP contribution in [0.2, 0.25) is 0 Å². The van der Waals surface area contributed by atoms with Gasteiger partial charge in [0, 0.05) is 17.1 Å². The van der Waals surface area contributed by atoms with Crippen LogP contribution < -0.4 is 0 Å². The quantitative estimate of drug-likeness (QED) is 0.743. The molecular weight excluding hydrogens is 208 g/mol. The number of rotatable bonds is 4. The minimum absolute atomic E-state index is 0.312. The molecule has 0 bridgehead atoms.